The summed E-state index contributed by atoms with van der Waals surface area (Å²) in [6.45, 7) is 11.5. The van der Waals surface area contributed by atoms with Crippen molar-refractivity contribution in [3.8, 4) is 5.75 Å². The largest absolute Gasteiger partial charge is 0.507 e. The van der Waals surface area contributed by atoms with Gasteiger partial charge in [-0.1, -0.05) is 74.9 Å². The molecular formula is C33H38N2O4. The quantitative estimate of drug-likeness (QED) is 0.191. The summed E-state index contributed by atoms with van der Waals surface area (Å²) in [7, 11) is 0. The van der Waals surface area contributed by atoms with Gasteiger partial charge in [-0.05, 0) is 67.4 Å². The number of amides is 1. The van der Waals surface area contributed by atoms with Crippen LogP contribution in [0.1, 0.15) is 54.6 Å². The molecule has 6 nitrogen and oxygen atoms in total. The first-order valence-electron chi connectivity index (χ1n) is 13.7. The summed E-state index contributed by atoms with van der Waals surface area (Å²) in [6, 6.07) is 22.4. The lowest BCUT2D eigenvalue weighted by Crippen LogP contribution is -2.38. The predicted octanol–water partition coefficient (Wildman–Crippen LogP) is 5.90. The average Bonchev–Trinajstić information content (AvgIpc) is 3.22. The third-order valence-electron chi connectivity index (χ3n) is 7.45. The molecule has 1 amide bonds. The van der Waals surface area contributed by atoms with Crippen LogP contribution >= 0.6 is 0 Å². The van der Waals surface area contributed by atoms with E-state index in [-0.39, 0.29) is 11.3 Å². The second-order valence-electron chi connectivity index (χ2n) is 9.91. The lowest BCUT2D eigenvalue weighted by Gasteiger charge is -2.28. The van der Waals surface area contributed by atoms with Crippen molar-refractivity contribution >= 4 is 17.4 Å². The van der Waals surface area contributed by atoms with E-state index in [2.05, 4.69) is 25.7 Å². The van der Waals surface area contributed by atoms with Gasteiger partial charge in [0.15, 0.2) is 0 Å². The number of nitrogens with zero attached hydrogens (tertiary/aromatic N) is 2. The van der Waals surface area contributed by atoms with Crippen molar-refractivity contribution < 1.29 is 19.4 Å². The minimum Gasteiger partial charge on any atom is -0.507 e. The third-order valence-corrected chi connectivity index (χ3v) is 7.45. The van der Waals surface area contributed by atoms with Crippen molar-refractivity contribution in [1.82, 2.24) is 9.80 Å². The van der Waals surface area contributed by atoms with Crippen molar-refractivity contribution in [3.05, 3.63) is 106 Å². The van der Waals surface area contributed by atoms with E-state index in [1.807, 2.05) is 55.5 Å². The van der Waals surface area contributed by atoms with Crippen molar-refractivity contribution in [2.45, 2.75) is 46.8 Å². The van der Waals surface area contributed by atoms with E-state index in [0.29, 0.717) is 31.0 Å². The SMILES string of the molecule is CCc1ccc([C@@H]2C(=C(O)c3ccc(OCc4ccc(C)cc4)cc3)C(=O)C(=O)N2CCN(CC)CC)cc1. The number of ketones is 1. The zero-order chi connectivity index (χ0) is 27.9. The number of Topliss-reactive ketones (excluding diaryl/α,β-unsaturated/α-hetero) is 1. The van der Waals surface area contributed by atoms with Gasteiger partial charge in [-0.3, -0.25) is 9.59 Å². The van der Waals surface area contributed by atoms with Crippen LogP contribution in [0.15, 0.2) is 78.4 Å². The minimum atomic E-state index is -0.656. The fraction of sp³-hybridized carbons (Fsp3) is 0.333. The minimum absolute atomic E-state index is 0.122. The van der Waals surface area contributed by atoms with E-state index in [1.54, 1.807) is 29.2 Å². The van der Waals surface area contributed by atoms with Gasteiger partial charge in [-0.15, -0.1) is 0 Å². The maximum Gasteiger partial charge on any atom is 0.295 e. The van der Waals surface area contributed by atoms with E-state index in [0.717, 1.165) is 30.6 Å². The Hall–Kier alpha value is -3.90. The van der Waals surface area contributed by atoms with Crippen LogP contribution < -0.4 is 4.74 Å². The molecule has 6 heteroatoms. The first-order chi connectivity index (χ1) is 18.9. The van der Waals surface area contributed by atoms with Crippen molar-refractivity contribution in [1.29, 1.82) is 0 Å². The molecule has 4 rings (SSSR count). The highest BCUT2D eigenvalue weighted by molar-refractivity contribution is 6.46. The molecule has 3 aromatic rings. The Morgan fingerprint density at radius 3 is 2.08 bits per heavy atom. The maximum absolute atomic E-state index is 13.3. The summed E-state index contributed by atoms with van der Waals surface area (Å²) in [5, 5.41) is 11.4. The van der Waals surface area contributed by atoms with Gasteiger partial charge in [0.1, 0.15) is 18.1 Å². The molecule has 0 bridgehead atoms. The molecule has 0 unspecified atom stereocenters. The molecule has 1 fully saturated rings. The van der Waals surface area contributed by atoms with Crippen molar-refractivity contribution in [2.24, 2.45) is 0 Å². The molecule has 1 aliphatic heterocycles. The Morgan fingerprint density at radius 2 is 1.49 bits per heavy atom. The molecule has 1 saturated heterocycles. The molecule has 39 heavy (non-hydrogen) atoms. The number of carbonyl (C=O) groups excluding carboxylic acids is 2. The third kappa shape index (κ3) is 6.40. The molecule has 204 valence electrons. The summed E-state index contributed by atoms with van der Waals surface area (Å²) < 4.78 is 5.90. The smallest absolute Gasteiger partial charge is 0.295 e. The summed E-state index contributed by atoms with van der Waals surface area (Å²) in [6.07, 6.45) is 0.890. The number of hydrogen-bond donors (Lipinski definition) is 1. The van der Waals surface area contributed by atoms with E-state index in [4.69, 9.17) is 4.74 Å². The summed E-state index contributed by atoms with van der Waals surface area (Å²) in [4.78, 5) is 30.4. The molecule has 0 aliphatic carbocycles. The highest BCUT2D eigenvalue weighted by Crippen LogP contribution is 2.39. The van der Waals surface area contributed by atoms with Crippen LogP contribution in [-0.2, 0) is 22.6 Å². The standard InChI is InChI=1S/C33H38N2O4/c1-5-24-12-14-26(15-13-24)30-29(32(37)33(38)35(30)21-20-34(6-2)7-3)31(36)27-16-18-28(19-17-27)39-22-25-10-8-23(4)9-11-25/h8-19,30,36H,5-7,20-22H2,1-4H3/t30-/m1/s1. The highest BCUT2D eigenvalue weighted by atomic mass is 16.5. The normalized spacial score (nSPS) is 16.7. The number of likely N-dealkylation sites (tertiary alicyclic amines) is 1. The summed E-state index contributed by atoms with van der Waals surface area (Å²) >= 11 is 0. The molecule has 0 aromatic heterocycles. The monoisotopic (exact) mass is 526 g/mol. The fourth-order valence-electron chi connectivity index (χ4n) is 4.90. The van der Waals surface area contributed by atoms with Gasteiger partial charge in [0.2, 0.25) is 0 Å². The second kappa shape index (κ2) is 12.8. The fourth-order valence-corrected chi connectivity index (χ4v) is 4.90. The van der Waals surface area contributed by atoms with Gasteiger partial charge in [0.05, 0.1) is 11.6 Å². The Kier molecular flexibility index (Phi) is 9.20. The number of carbonyl (C=O) groups is 2. The van der Waals surface area contributed by atoms with Gasteiger partial charge in [0, 0.05) is 18.7 Å². The van der Waals surface area contributed by atoms with Crippen LogP contribution in [0.3, 0.4) is 0 Å². The number of aliphatic hydroxyl groups excluding tert-OH is 1. The number of benzene rings is 3. The van der Waals surface area contributed by atoms with Crippen molar-refractivity contribution in [2.75, 3.05) is 26.2 Å². The Bertz CT molecular complexity index is 1310. The number of ether oxygens (including phenoxy) is 1. The highest BCUT2D eigenvalue weighted by Gasteiger charge is 2.45. The number of aliphatic hydroxyl groups is 1. The number of aryl methyl sites for hydroxylation is 2. The van der Waals surface area contributed by atoms with Crippen LogP contribution in [0.4, 0.5) is 0 Å². The van der Waals surface area contributed by atoms with Crippen LogP contribution in [-0.4, -0.2) is 52.8 Å². The van der Waals surface area contributed by atoms with Crippen LogP contribution in [0, 0.1) is 6.92 Å². The Morgan fingerprint density at radius 1 is 0.872 bits per heavy atom. The van der Waals surface area contributed by atoms with E-state index < -0.39 is 17.7 Å². The lowest BCUT2D eigenvalue weighted by molar-refractivity contribution is -0.140. The first-order valence-corrected chi connectivity index (χ1v) is 13.7. The topological polar surface area (TPSA) is 70.1 Å². The molecule has 0 saturated carbocycles. The summed E-state index contributed by atoms with van der Waals surface area (Å²) in [5.41, 5.74) is 4.82. The molecule has 0 spiro atoms. The molecule has 1 aliphatic rings. The van der Waals surface area contributed by atoms with Crippen molar-refractivity contribution in [3.63, 3.8) is 0 Å². The lowest BCUT2D eigenvalue weighted by atomic mass is 9.94. The van der Waals surface area contributed by atoms with Crippen LogP contribution in [0.5, 0.6) is 5.75 Å². The number of rotatable bonds is 11. The molecule has 1 N–H and O–H groups in total. The second-order valence-corrected chi connectivity index (χ2v) is 9.91. The number of hydrogen-bond acceptors (Lipinski definition) is 5. The van der Waals surface area contributed by atoms with Crippen LogP contribution in [0.2, 0.25) is 0 Å². The van der Waals surface area contributed by atoms with Crippen LogP contribution in [0.25, 0.3) is 5.76 Å². The molecular weight excluding hydrogens is 488 g/mol. The Balaban J connectivity index is 1.63. The first kappa shape index (κ1) is 28.1. The summed E-state index contributed by atoms with van der Waals surface area (Å²) in [5.74, 6) is -0.755. The molecule has 1 atom stereocenters. The number of likely N-dealkylation sites (N-methyl/N-ethyl adjacent to an activating group) is 1. The van der Waals surface area contributed by atoms with Gasteiger partial charge < -0.3 is 19.6 Å². The maximum atomic E-state index is 13.3. The van der Waals surface area contributed by atoms with Gasteiger partial charge in [-0.25, -0.2) is 0 Å². The molecule has 0 radical (unpaired) electrons. The van der Waals surface area contributed by atoms with E-state index in [9.17, 15) is 14.7 Å². The van der Waals surface area contributed by atoms with E-state index >= 15 is 0 Å². The molecule has 1 heterocycles. The Labute approximate surface area is 231 Å². The average molecular weight is 527 g/mol. The molecule has 3 aromatic carbocycles. The van der Waals surface area contributed by atoms with Gasteiger partial charge >= 0.3 is 0 Å². The van der Waals surface area contributed by atoms with E-state index in [1.165, 1.54) is 11.1 Å². The van der Waals surface area contributed by atoms with Gasteiger partial charge in [0.25, 0.3) is 11.7 Å². The zero-order valence-electron chi connectivity index (χ0n) is 23.3. The predicted molar refractivity (Wildman–Crippen MR) is 155 cm³/mol. The van der Waals surface area contributed by atoms with Gasteiger partial charge in [-0.2, -0.15) is 0 Å². The zero-order valence-corrected chi connectivity index (χ0v) is 23.3.